The Morgan fingerprint density at radius 2 is 1.82 bits per heavy atom. The number of aliphatic hydroxyl groups is 1. The van der Waals surface area contributed by atoms with Crippen molar-refractivity contribution in [3.05, 3.63) is 70.3 Å². The first-order chi connectivity index (χ1) is 13.5. The van der Waals surface area contributed by atoms with Gasteiger partial charge in [-0.3, -0.25) is 9.59 Å². The molecule has 146 valence electrons. The molecule has 0 radical (unpaired) electrons. The van der Waals surface area contributed by atoms with Gasteiger partial charge >= 0.3 is 0 Å². The van der Waals surface area contributed by atoms with Gasteiger partial charge in [0, 0.05) is 11.6 Å². The lowest BCUT2D eigenvalue weighted by Gasteiger charge is -2.25. The number of nitrogens with zero attached hydrogens (tertiary/aromatic N) is 1. The van der Waals surface area contributed by atoms with E-state index < -0.39 is 17.7 Å². The van der Waals surface area contributed by atoms with Gasteiger partial charge in [0.25, 0.3) is 11.7 Å². The number of halogens is 1. The van der Waals surface area contributed by atoms with Crippen LogP contribution in [0.2, 0.25) is 5.02 Å². The topological polar surface area (TPSA) is 66.8 Å². The number of unbranched alkanes of at least 4 members (excludes halogenated alkanes) is 1. The van der Waals surface area contributed by atoms with E-state index in [1.165, 1.54) is 12.0 Å². The van der Waals surface area contributed by atoms with E-state index in [1.807, 2.05) is 6.92 Å². The number of benzene rings is 2. The van der Waals surface area contributed by atoms with Gasteiger partial charge in [-0.1, -0.05) is 49.2 Å². The highest BCUT2D eigenvalue weighted by molar-refractivity contribution is 6.46. The molecule has 0 spiro atoms. The first kappa shape index (κ1) is 20.0. The van der Waals surface area contributed by atoms with Crippen LogP contribution in [0.15, 0.2) is 54.1 Å². The van der Waals surface area contributed by atoms with Gasteiger partial charge in [0.15, 0.2) is 0 Å². The molecule has 2 aromatic rings. The van der Waals surface area contributed by atoms with Gasteiger partial charge in [-0.05, 0) is 36.2 Å². The van der Waals surface area contributed by atoms with Crippen LogP contribution in [0, 0.1) is 0 Å². The summed E-state index contributed by atoms with van der Waals surface area (Å²) >= 11 is 6.00. The van der Waals surface area contributed by atoms with E-state index in [4.69, 9.17) is 16.3 Å². The van der Waals surface area contributed by atoms with E-state index in [9.17, 15) is 14.7 Å². The van der Waals surface area contributed by atoms with Crippen LogP contribution < -0.4 is 4.74 Å². The Balaban J connectivity index is 2.19. The zero-order valence-corrected chi connectivity index (χ0v) is 16.6. The lowest BCUT2D eigenvalue weighted by atomic mass is 9.95. The molecule has 1 amide bonds. The van der Waals surface area contributed by atoms with Gasteiger partial charge in [0.05, 0.1) is 24.3 Å². The van der Waals surface area contributed by atoms with Crippen molar-refractivity contribution in [3.63, 3.8) is 0 Å². The number of likely N-dealkylation sites (tertiary alicyclic amines) is 1. The van der Waals surface area contributed by atoms with Crippen LogP contribution >= 0.6 is 11.6 Å². The zero-order chi connectivity index (χ0) is 20.3. The maximum absolute atomic E-state index is 12.9. The molecule has 0 bridgehead atoms. The average molecular weight is 400 g/mol. The number of rotatable bonds is 6. The molecule has 28 heavy (non-hydrogen) atoms. The number of carbonyl (C=O) groups is 2. The van der Waals surface area contributed by atoms with Crippen LogP contribution in [-0.2, 0) is 9.59 Å². The molecule has 1 saturated heterocycles. The summed E-state index contributed by atoms with van der Waals surface area (Å²) in [6, 6.07) is 13.1. The molecule has 1 fully saturated rings. The molecule has 1 unspecified atom stereocenters. The molecular formula is C22H22ClNO4. The smallest absolute Gasteiger partial charge is 0.295 e. The summed E-state index contributed by atoms with van der Waals surface area (Å²) in [7, 11) is 1.49. The Morgan fingerprint density at radius 3 is 2.46 bits per heavy atom. The van der Waals surface area contributed by atoms with Crippen molar-refractivity contribution in [2.75, 3.05) is 13.7 Å². The van der Waals surface area contributed by atoms with Crippen molar-refractivity contribution >= 4 is 29.1 Å². The number of aliphatic hydroxyl groups excluding tert-OH is 1. The number of amides is 1. The van der Waals surface area contributed by atoms with Crippen LogP contribution in [-0.4, -0.2) is 35.4 Å². The van der Waals surface area contributed by atoms with E-state index in [-0.39, 0.29) is 11.3 Å². The van der Waals surface area contributed by atoms with Crippen LogP contribution in [0.1, 0.15) is 36.9 Å². The first-order valence-electron chi connectivity index (χ1n) is 9.16. The zero-order valence-electron chi connectivity index (χ0n) is 15.8. The third-order valence-electron chi connectivity index (χ3n) is 4.84. The Morgan fingerprint density at radius 1 is 1.14 bits per heavy atom. The normalized spacial score (nSPS) is 18.5. The molecule has 0 aromatic heterocycles. The van der Waals surface area contributed by atoms with E-state index >= 15 is 0 Å². The molecule has 6 heteroatoms. The number of para-hydroxylation sites is 1. The highest BCUT2D eigenvalue weighted by atomic mass is 35.5. The number of ether oxygens (including phenoxy) is 1. The Bertz CT molecular complexity index is 920. The van der Waals surface area contributed by atoms with Crippen LogP contribution in [0.3, 0.4) is 0 Å². The largest absolute Gasteiger partial charge is 0.507 e. The van der Waals surface area contributed by atoms with Gasteiger partial charge in [0.2, 0.25) is 0 Å². The standard InChI is InChI=1S/C22H22ClNO4/c1-3-4-13-24-19(14-9-11-15(23)12-10-14)18(21(26)22(24)27)20(25)16-7-5-6-8-17(16)28-2/h5-12,19,25H,3-4,13H2,1-2H3/b20-18-. The monoisotopic (exact) mass is 399 g/mol. The van der Waals surface area contributed by atoms with Crippen molar-refractivity contribution in [1.82, 2.24) is 4.90 Å². The number of Topliss-reactive ketones (excluding diaryl/α,β-unsaturated/α-hetero) is 1. The van der Waals surface area contributed by atoms with Gasteiger partial charge in [-0.15, -0.1) is 0 Å². The van der Waals surface area contributed by atoms with Crippen LogP contribution in [0.5, 0.6) is 5.75 Å². The molecule has 3 rings (SSSR count). The summed E-state index contributed by atoms with van der Waals surface area (Å²) in [6.45, 7) is 2.44. The quantitative estimate of drug-likeness (QED) is 0.439. The van der Waals surface area contributed by atoms with Crippen molar-refractivity contribution in [2.24, 2.45) is 0 Å². The summed E-state index contributed by atoms with van der Waals surface area (Å²) in [4.78, 5) is 27.1. The van der Waals surface area contributed by atoms with Crippen molar-refractivity contribution in [1.29, 1.82) is 0 Å². The number of methoxy groups -OCH3 is 1. The minimum atomic E-state index is -0.695. The lowest BCUT2D eigenvalue weighted by Crippen LogP contribution is -2.30. The van der Waals surface area contributed by atoms with E-state index in [0.29, 0.717) is 22.9 Å². The molecule has 5 nitrogen and oxygen atoms in total. The molecule has 1 atom stereocenters. The molecule has 2 aromatic carbocycles. The minimum Gasteiger partial charge on any atom is -0.507 e. The van der Waals surface area contributed by atoms with E-state index in [2.05, 4.69) is 0 Å². The fourth-order valence-corrected chi connectivity index (χ4v) is 3.54. The second kappa shape index (κ2) is 8.48. The molecule has 1 aliphatic heterocycles. The SMILES string of the molecule is CCCCN1C(=O)C(=O)/C(=C(\O)c2ccccc2OC)C1c1ccc(Cl)cc1. The van der Waals surface area contributed by atoms with E-state index in [1.54, 1.807) is 48.5 Å². The summed E-state index contributed by atoms with van der Waals surface area (Å²) in [6.07, 6.45) is 1.63. The van der Waals surface area contributed by atoms with Gasteiger partial charge in [-0.2, -0.15) is 0 Å². The van der Waals surface area contributed by atoms with Crippen LogP contribution in [0.25, 0.3) is 5.76 Å². The summed E-state index contributed by atoms with van der Waals surface area (Å²) < 4.78 is 5.32. The molecule has 1 heterocycles. The van der Waals surface area contributed by atoms with Crippen molar-refractivity contribution in [2.45, 2.75) is 25.8 Å². The second-order valence-electron chi connectivity index (χ2n) is 6.60. The number of ketones is 1. The van der Waals surface area contributed by atoms with Crippen LogP contribution in [0.4, 0.5) is 0 Å². The van der Waals surface area contributed by atoms with Gasteiger partial charge in [-0.25, -0.2) is 0 Å². The predicted molar refractivity (Wildman–Crippen MR) is 108 cm³/mol. The summed E-state index contributed by atoms with van der Waals surface area (Å²) in [5, 5.41) is 11.6. The minimum absolute atomic E-state index is 0.0629. The molecular weight excluding hydrogens is 378 g/mol. The number of hydrogen-bond donors (Lipinski definition) is 1. The number of carbonyl (C=O) groups excluding carboxylic acids is 2. The highest BCUT2D eigenvalue weighted by Gasteiger charge is 2.45. The third-order valence-corrected chi connectivity index (χ3v) is 5.09. The molecule has 0 aliphatic carbocycles. The second-order valence-corrected chi connectivity index (χ2v) is 7.03. The third kappa shape index (κ3) is 3.62. The first-order valence-corrected chi connectivity index (χ1v) is 9.54. The maximum atomic E-state index is 12.9. The van der Waals surface area contributed by atoms with E-state index in [0.717, 1.165) is 18.4 Å². The van der Waals surface area contributed by atoms with Crippen molar-refractivity contribution < 1.29 is 19.4 Å². The highest BCUT2D eigenvalue weighted by Crippen LogP contribution is 2.41. The summed E-state index contributed by atoms with van der Waals surface area (Å²) in [5.41, 5.74) is 1.15. The predicted octanol–water partition coefficient (Wildman–Crippen LogP) is 4.57. The van der Waals surface area contributed by atoms with Crippen molar-refractivity contribution in [3.8, 4) is 5.75 Å². The molecule has 1 N–H and O–H groups in total. The fourth-order valence-electron chi connectivity index (χ4n) is 3.42. The number of hydrogen-bond acceptors (Lipinski definition) is 4. The maximum Gasteiger partial charge on any atom is 0.295 e. The molecule has 0 saturated carbocycles. The Kier molecular flexibility index (Phi) is 6.05. The van der Waals surface area contributed by atoms with Gasteiger partial charge in [0.1, 0.15) is 11.5 Å². The Hall–Kier alpha value is -2.79. The van der Waals surface area contributed by atoms with Gasteiger partial charge < -0.3 is 14.7 Å². The lowest BCUT2D eigenvalue weighted by molar-refractivity contribution is -0.139. The average Bonchev–Trinajstić information content (AvgIpc) is 2.97. The Labute approximate surface area is 169 Å². The fraction of sp³-hybridized carbons (Fsp3) is 0.273. The molecule has 1 aliphatic rings. The summed E-state index contributed by atoms with van der Waals surface area (Å²) in [5.74, 6) is -1.12.